The van der Waals surface area contributed by atoms with Crippen molar-refractivity contribution in [3.63, 3.8) is 0 Å². The van der Waals surface area contributed by atoms with Gasteiger partial charge in [0.15, 0.2) is 0 Å². The van der Waals surface area contributed by atoms with E-state index in [1.54, 1.807) is 6.08 Å². The average molecular weight is 393 g/mol. The largest absolute Gasteiger partial charge is 0.318 e. The number of aromatic nitrogens is 1. The van der Waals surface area contributed by atoms with E-state index in [1.165, 1.54) is 5.56 Å². The molecule has 0 radical (unpaired) electrons. The molecular weight excluding hydrogens is 368 g/mol. The van der Waals surface area contributed by atoms with Crippen molar-refractivity contribution < 1.29 is 9.59 Å². The summed E-state index contributed by atoms with van der Waals surface area (Å²) in [7, 11) is 0. The van der Waals surface area contributed by atoms with Crippen molar-refractivity contribution in [3.8, 4) is 18.0 Å². The molecule has 2 heterocycles. The van der Waals surface area contributed by atoms with E-state index in [4.69, 9.17) is 6.42 Å². The van der Waals surface area contributed by atoms with Crippen LogP contribution in [-0.4, -0.2) is 27.2 Å². The minimum absolute atomic E-state index is 0.00114. The van der Waals surface area contributed by atoms with Gasteiger partial charge >= 0.3 is 0 Å². The first-order chi connectivity index (χ1) is 13.1. The second-order valence-electron chi connectivity index (χ2n) is 7.93. The molecule has 0 atom stereocenters. The molecule has 144 valence electrons. The fraction of sp³-hybridized carbons (Fsp3) is 0.304. The molecule has 4 nitrogen and oxygen atoms in total. The van der Waals surface area contributed by atoms with E-state index in [0.29, 0.717) is 4.91 Å². The number of hydrogen-bond donors (Lipinski definition) is 0. The van der Waals surface area contributed by atoms with Crippen LogP contribution < -0.4 is 0 Å². The number of terminal acetylenes is 1. The monoisotopic (exact) mass is 392 g/mol. The number of thioether (sulfide) groups is 1. The topological polar surface area (TPSA) is 42.3 Å². The number of carbonyl (C=O) groups is 2. The molecule has 2 aromatic rings. The minimum Gasteiger partial charge on any atom is -0.318 e. The SMILES string of the molecule is C#CCN1C(=O)S/C(=C\c2cc(C)n(-c3ccc(C(C)(C)C)cc3)c2C)C1=O. The number of benzene rings is 1. The standard InChI is InChI=1S/C23H24N2O2S/c1-7-12-24-21(26)20(28-22(24)27)14-17-13-15(2)25(16(17)3)19-10-8-18(9-11-19)23(4,5)6/h1,8-11,13-14H,12H2,2-6H3/b20-14-. The van der Waals surface area contributed by atoms with Crippen LogP contribution in [0.1, 0.15) is 43.3 Å². The summed E-state index contributed by atoms with van der Waals surface area (Å²) >= 11 is 0.935. The summed E-state index contributed by atoms with van der Waals surface area (Å²) < 4.78 is 2.16. The molecule has 28 heavy (non-hydrogen) atoms. The predicted molar refractivity (Wildman–Crippen MR) is 115 cm³/mol. The number of nitrogens with zero attached hydrogens (tertiary/aromatic N) is 2. The molecular formula is C23H24N2O2S. The lowest BCUT2D eigenvalue weighted by molar-refractivity contribution is -0.122. The van der Waals surface area contributed by atoms with Crippen LogP contribution in [0.25, 0.3) is 11.8 Å². The molecule has 0 saturated carbocycles. The van der Waals surface area contributed by atoms with Crippen molar-refractivity contribution >= 4 is 29.0 Å². The molecule has 0 N–H and O–H groups in total. The zero-order valence-electron chi connectivity index (χ0n) is 16.9. The Bertz CT molecular complexity index is 1010. The molecule has 1 aromatic carbocycles. The van der Waals surface area contributed by atoms with Crippen LogP contribution in [0.3, 0.4) is 0 Å². The highest BCUT2D eigenvalue weighted by molar-refractivity contribution is 8.18. The molecule has 0 spiro atoms. The van der Waals surface area contributed by atoms with Gasteiger partial charge < -0.3 is 4.57 Å². The van der Waals surface area contributed by atoms with Crippen LogP contribution >= 0.6 is 11.8 Å². The third-order valence-electron chi connectivity index (χ3n) is 4.87. The van der Waals surface area contributed by atoms with Gasteiger partial charge in [-0.05, 0) is 66.4 Å². The molecule has 1 fully saturated rings. The zero-order valence-corrected chi connectivity index (χ0v) is 17.7. The highest BCUT2D eigenvalue weighted by Crippen LogP contribution is 2.33. The van der Waals surface area contributed by atoms with Gasteiger partial charge in [0.05, 0.1) is 11.4 Å². The van der Waals surface area contributed by atoms with Crippen LogP contribution in [0.4, 0.5) is 4.79 Å². The minimum atomic E-state index is -0.327. The Morgan fingerprint density at radius 1 is 1.14 bits per heavy atom. The van der Waals surface area contributed by atoms with Gasteiger partial charge in [0, 0.05) is 17.1 Å². The first-order valence-corrected chi connectivity index (χ1v) is 9.94. The van der Waals surface area contributed by atoms with Crippen molar-refractivity contribution in [2.45, 2.75) is 40.0 Å². The number of amides is 2. The van der Waals surface area contributed by atoms with Gasteiger partial charge in [-0.2, -0.15) is 0 Å². The highest BCUT2D eigenvalue weighted by atomic mass is 32.2. The van der Waals surface area contributed by atoms with Crippen molar-refractivity contribution in [1.29, 1.82) is 0 Å². The summed E-state index contributed by atoms with van der Waals surface area (Å²) in [5.74, 6) is 2.03. The molecule has 5 heteroatoms. The Morgan fingerprint density at radius 2 is 1.79 bits per heavy atom. The smallest absolute Gasteiger partial charge is 0.294 e. The molecule has 1 aromatic heterocycles. The first-order valence-electron chi connectivity index (χ1n) is 9.12. The number of carbonyl (C=O) groups excluding carboxylic acids is 2. The van der Waals surface area contributed by atoms with Gasteiger partial charge in [-0.25, -0.2) is 0 Å². The van der Waals surface area contributed by atoms with E-state index >= 15 is 0 Å². The van der Waals surface area contributed by atoms with Gasteiger partial charge in [0.2, 0.25) is 0 Å². The average Bonchev–Trinajstić information content (AvgIpc) is 3.05. The van der Waals surface area contributed by atoms with Gasteiger partial charge in [0.1, 0.15) is 0 Å². The van der Waals surface area contributed by atoms with Crippen molar-refractivity contribution in [2.24, 2.45) is 0 Å². The summed E-state index contributed by atoms with van der Waals surface area (Å²) in [4.78, 5) is 25.9. The van der Waals surface area contributed by atoms with E-state index in [2.05, 4.69) is 55.5 Å². The van der Waals surface area contributed by atoms with Gasteiger partial charge in [-0.3, -0.25) is 14.5 Å². The number of imide groups is 1. The summed E-state index contributed by atoms with van der Waals surface area (Å²) in [5.41, 5.74) is 5.46. The first kappa shape index (κ1) is 20.0. The number of rotatable bonds is 3. The zero-order chi connectivity index (χ0) is 20.6. The van der Waals surface area contributed by atoms with Gasteiger partial charge in [-0.15, -0.1) is 6.42 Å². The van der Waals surface area contributed by atoms with Crippen LogP contribution in [0.5, 0.6) is 0 Å². The molecule has 0 unspecified atom stereocenters. The second kappa shape index (κ2) is 7.37. The lowest BCUT2D eigenvalue weighted by atomic mass is 9.87. The highest BCUT2D eigenvalue weighted by Gasteiger charge is 2.34. The lowest BCUT2D eigenvalue weighted by Crippen LogP contribution is -2.28. The maximum absolute atomic E-state index is 12.4. The van der Waals surface area contributed by atoms with Crippen LogP contribution in [0.15, 0.2) is 35.2 Å². The van der Waals surface area contributed by atoms with Gasteiger partial charge in [-0.1, -0.05) is 38.8 Å². The van der Waals surface area contributed by atoms with Crippen molar-refractivity contribution in [1.82, 2.24) is 9.47 Å². The van der Waals surface area contributed by atoms with Crippen LogP contribution in [0, 0.1) is 26.2 Å². The fourth-order valence-corrected chi connectivity index (χ4v) is 4.14. The van der Waals surface area contributed by atoms with E-state index in [0.717, 1.165) is 39.3 Å². The van der Waals surface area contributed by atoms with Gasteiger partial charge in [0.25, 0.3) is 11.1 Å². The third kappa shape index (κ3) is 3.65. The maximum atomic E-state index is 12.4. The van der Waals surface area contributed by atoms with E-state index in [9.17, 15) is 9.59 Å². The Kier molecular flexibility index (Phi) is 5.27. The predicted octanol–water partition coefficient (Wildman–Crippen LogP) is 5.06. The Hall–Kier alpha value is -2.71. The molecule has 3 rings (SSSR count). The molecule has 1 saturated heterocycles. The molecule has 0 aliphatic carbocycles. The summed E-state index contributed by atoms with van der Waals surface area (Å²) in [5, 5.41) is -0.319. The Labute approximate surface area is 170 Å². The second-order valence-corrected chi connectivity index (χ2v) is 8.92. The Morgan fingerprint density at radius 3 is 2.36 bits per heavy atom. The van der Waals surface area contributed by atoms with E-state index < -0.39 is 0 Å². The molecule has 2 amide bonds. The van der Waals surface area contributed by atoms with Crippen LogP contribution in [0.2, 0.25) is 0 Å². The third-order valence-corrected chi connectivity index (χ3v) is 5.78. The van der Waals surface area contributed by atoms with Crippen molar-refractivity contribution in [2.75, 3.05) is 6.54 Å². The van der Waals surface area contributed by atoms with Crippen LogP contribution in [-0.2, 0) is 10.2 Å². The normalized spacial score (nSPS) is 16.1. The quantitative estimate of drug-likeness (QED) is 0.541. The van der Waals surface area contributed by atoms with E-state index in [-0.39, 0.29) is 23.1 Å². The Balaban J connectivity index is 1.96. The fourth-order valence-electron chi connectivity index (χ4n) is 3.31. The summed E-state index contributed by atoms with van der Waals surface area (Å²) in [6.45, 7) is 10.6. The molecule has 1 aliphatic rings. The lowest BCUT2D eigenvalue weighted by Gasteiger charge is -2.20. The molecule has 0 bridgehead atoms. The van der Waals surface area contributed by atoms with Crippen molar-refractivity contribution in [3.05, 3.63) is 57.8 Å². The number of hydrogen-bond acceptors (Lipinski definition) is 3. The summed E-state index contributed by atoms with van der Waals surface area (Å²) in [6, 6.07) is 10.6. The number of aryl methyl sites for hydroxylation is 1. The maximum Gasteiger partial charge on any atom is 0.294 e. The van der Waals surface area contributed by atoms with E-state index in [1.807, 2.05) is 19.9 Å². The summed E-state index contributed by atoms with van der Waals surface area (Å²) in [6.07, 6.45) is 7.03. The molecule has 1 aliphatic heterocycles.